The van der Waals surface area contributed by atoms with Crippen molar-refractivity contribution in [3.05, 3.63) is 76.0 Å². The largest absolute Gasteiger partial charge is 0.349 e. The molecule has 2 aromatic carbocycles. The van der Waals surface area contributed by atoms with Crippen LogP contribution in [-0.2, 0) is 19.4 Å². The molecule has 3 aliphatic rings. The lowest BCUT2D eigenvalue weighted by Gasteiger charge is -2.29. The van der Waals surface area contributed by atoms with Gasteiger partial charge in [0.05, 0.1) is 5.69 Å². The van der Waals surface area contributed by atoms with E-state index in [0.717, 1.165) is 67.6 Å². The Morgan fingerprint density at radius 1 is 1.17 bits per heavy atom. The highest BCUT2D eigenvalue weighted by Crippen LogP contribution is 2.39. The van der Waals surface area contributed by atoms with Crippen LogP contribution in [0.15, 0.2) is 42.5 Å². The van der Waals surface area contributed by atoms with Crippen molar-refractivity contribution in [1.29, 1.82) is 5.26 Å². The fourth-order valence-electron chi connectivity index (χ4n) is 6.47. The Morgan fingerprint density at radius 3 is 2.67 bits per heavy atom. The third-order valence-corrected chi connectivity index (χ3v) is 8.99. The first-order chi connectivity index (χ1) is 20.2. The van der Waals surface area contributed by atoms with Gasteiger partial charge in [0.15, 0.2) is 6.07 Å². The number of rotatable bonds is 5. The average molecular weight is 561 g/mol. The standard InChI is InChI=1S/C34H36N6O2/c1-34(2)15-12-28-29(20-34)37-38-31(28)24-10-11-27-25(19-24)21-40(33(27)42)30(5-4-16-35)22-6-8-23(9-7-22)32(41)36-26-13-17-39(3)18-14-26/h6-11,19,26,30H,12-15,17-18,20-21H2,1-3H3,(H,36,41)(H,37,38). The second-order valence-electron chi connectivity index (χ2n) is 12.6. The van der Waals surface area contributed by atoms with Crippen molar-refractivity contribution < 1.29 is 9.59 Å². The molecule has 2 N–H and O–H groups in total. The van der Waals surface area contributed by atoms with Crippen LogP contribution in [0.25, 0.3) is 11.3 Å². The molecular formula is C34H36N6O2. The van der Waals surface area contributed by atoms with Gasteiger partial charge in [-0.2, -0.15) is 10.4 Å². The van der Waals surface area contributed by atoms with Gasteiger partial charge in [-0.25, -0.2) is 0 Å². The molecule has 1 aromatic heterocycles. The van der Waals surface area contributed by atoms with E-state index in [9.17, 15) is 14.9 Å². The Bertz CT molecular complexity index is 1630. The second kappa shape index (κ2) is 11.1. The van der Waals surface area contributed by atoms with Crippen LogP contribution >= 0.6 is 0 Å². The highest BCUT2D eigenvalue weighted by molar-refractivity contribution is 5.99. The molecule has 1 atom stereocenters. The molecule has 3 aromatic rings. The Morgan fingerprint density at radius 2 is 1.93 bits per heavy atom. The van der Waals surface area contributed by atoms with Crippen LogP contribution in [0, 0.1) is 28.6 Å². The van der Waals surface area contributed by atoms with E-state index >= 15 is 0 Å². The molecule has 2 aliphatic heterocycles. The monoisotopic (exact) mass is 560 g/mol. The Balaban J connectivity index is 1.21. The predicted molar refractivity (Wildman–Crippen MR) is 160 cm³/mol. The summed E-state index contributed by atoms with van der Waals surface area (Å²) in [7, 11) is 2.09. The molecule has 42 heavy (non-hydrogen) atoms. The van der Waals surface area contributed by atoms with E-state index < -0.39 is 6.04 Å². The lowest BCUT2D eigenvalue weighted by molar-refractivity contribution is 0.0741. The fraction of sp³-hybridized carbons (Fsp3) is 0.412. The van der Waals surface area contributed by atoms with Gasteiger partial charge in [-0.1, -0.05) is 38.0 Å². The number of H-pyrrole nitrogens is 1. The zero-order chi connectivity index (χ0) is 29.4. The summed E-state index contributed by atoms with van der Waals surface area (Å²) in [5.41, 5.74) is 7.59. The molecule has 0 radical (unpaired) electrons. The summed E-state index contributed by atoms with van der Waals surface area (Å²) in [4.78, 5) is 30.4. The highest BCUT2D eigenvalue weighted by atomic mass is 16.2. The second-order valence-corrected chi connectivity index (χ2v) is 12.6. The maximum Gasteiger partial charge on any atom is 0.255 e. The number of benzene rings is 2. The van der Waals surface area contributed by atoms with Crippen molar-refractivity contribution in [2.24, 2.45) is 5.41 Å². The van der Waals surface area contributed by atoms with Gasteiger partial charge in [0, 0.05) is 46.5 Å². The van der Waals surface area contributed by atoms with Gasteiger partial charge in [-0.05, 0) is 93.0 Å². The predicted octanol–water partition coefficient (Wildman–Crippen LogP) is 4.64. The lowest BCUT2D eigenvalue weighted by Crippen LogP contribution is -2.43. The minimum atomic E-state index is -0.612. The normalized spacial score (nSPS) is 18.8. The van der Waals surface area contributed by atoms with Gasteiger partial charge in [-0.3, -0.25) is 14.7 Å². The number of piperidine rings is 1. The molecule has 6 rings (SSSR count). The molecule has 8 nitrogen and oxygen atoms in total. The van der Waals surface area contributed by atoms with Crippen LogP contribution in [0.2, 0.25) is 0 Å². The van der Waals surface area contributed by atoms with Crippen LogP contribution in [0.5, 0.6) is 0 Å². The summed E-state index contributed by atoms with van der Waals surface area (Å²) in [5, 5.41) is 20.3. The van der Waals surface area contributed by atoms with E-state index in [0.29, 0.717) is 17.7 Å². The van der Waals surface area contributed by atoms with E-state index in [2.05, 4.69) is 59.2 Å². The van der Waals surface area contributed by atoms with E-state index in [4.69, 9.17) is 0 Å². The molecule has 1 fully saturated rings. The van der Waals surface area contributed by atoms with Gasteiger partial charge in [0.1, 0.15) is 6.04 Å². The lowest BCUT2D eigenvalue weighted by atomic mass is 9.76. The number of fused-ring (bicyclic) bond motifs is 2. The van der Waals surface area contributed by atoms with Gasteiger partial charge in [0.25, 0.3) is 11.8 Å². The number of nitriles is 1. The zero-order valence-corrected chi connectivity index (χ0v) is 24.5. The fourth-order valence-corrected chi connectivity index (χ4v) is 6.47. The topological polar surface area (TPSA) is 105 Å². The number of carbonyl (C=O) groups is 2. The molecular weight excluding hydrogens is 524 g/mol. The van der Waals surface area contributed by atoms with Gasteiger partial charge in [0.2, 0.25) is 0 Å². The van der Waals surface area contributed by atoms with E-state index in [1.807, 2.05) is 30.3 Å². The summed E-state index contributed by atoms with van der Waals surface area (Å²) >= 11 is 0. The minimum Gasteiger partial charge on any atom is -0.349 e. The number of nitrogens with one attached hydrogen (secondary N) is 2. The molecule has 2 amide bonds. The van der Waals surface area contributed by atoms with E-state index in [-0.39, 0.29) is 23.3 Å². The first-order valence-electron chi connectivity index (χ1n) is 14.7. The van der Waals surface area contributed by atoms with Crippen molar-refractivity contribution in [3.63, 3.8) is 0 Å². The number of amides is 2. The minimum absolute atomic E-state index is 0.0999. The van der Waals surface area contributed by atoms with Crippen LogP contribution in [0.4, 0.5) is 0 Å². The van der Waals surface area contributed by atoms with Gasteiger partial charge < -0.3 is 15.1 Å². The molecule has 1 aliphatic carbocycles. The number of nitrogens with zero attached hydrogens (tertiary/aromatic N) is 4. The molecule has 1 saturated heterocycles. The maximum atomic E-state index is 13.6. The molecule has 0 spiro atoms. The van der Waals surface area contributed by atoms with Crippen LogP contribution in [0.1, 0.15) is 82.3 Å². The average Bonchev–Trinajstić information content (AvgIpc) is 3.54. The smallest absolute Gasteiger partial charge is 0.255 e. The Kier molecular flexibility index (Phi) is 7.35. The van der Waals surface area contributed by atoms with Crippen LogP contribution in [-0.4, -0.2) is 58.0 Å². The molecule has 3 heterocycles. The van der Waals surface area contributed by atoms with Crippen molar-refractivity contribution in [2.45, 2.75) is 64.6 Å². The van der Waals surface area contributed by atoms with Crippen LogP contribution < -0.4 is 5.32 Å². The summed E-state index contributed by atoms with van der Waals surface area (Å²) in [6.07, 6.45) is 4.94. The summed E-state index contributed by atoms with van der Waals surface area (Å²) in [6.45, 7) is 6.90. The number of aromatic nitrogens is 2. The molecule has 8 heteroatoms. The quantitative estimate of drug-likeness (QED) is 0.443. The van der Waals surface area contributed by atoms with Crippen molar-refractivity contribution in [1.82, 2.24) is 25.3 Å². The van der Waals surface area contributed by atoms with Crippen LogP contribution in [0.3, 0.4) is 0 Å². The Labute approximate surface area is 247 Å². The number of hydrogen-bond acceptors (Lipinski definition) is 5. The third-order valence-electron chi connectivity index (χ3n) is 8.99. The molecule has 214 valence electrons. The Hall–Kier alpha value is -4.40. The molecule has 0 saturated carbocycles. The maximum absolute atomic E-state index is 13.6. The van der Waals surface area contributed by atoms with Gasteiger partial charge >= 0.3 is 0 Å². The number of aromatic amines is 1. The zero-order valence-electron chi connectivity index (χ0n) is 24.5. The van der Waals surface area contributed by atoms with Gasteiger partial charge in [-0.15, -0.1) is 0 Å². The van der Waals surface area contributed by atoms with E-state index in [1.165, 1.54) is 11.3 Å². The number of carbonyl (C=O) groups excluding carboxylic acids is 2. The van der Waals surface area contributed by atoms with Crippen molar-refractivity contribution >= 4 is 11.8 Å². The number of likely N-dealkylation sites (tertiary alicyclic amines) is 1. The first-order valence-corrected chi connectivity index (χ1v) is 14.7. The van der Waals surface area contributed by atoms with Crippen molar-refractivity contribution in [2.75, 3.05) is 20.1 Å². The summed E-state index contributed by atoms with van der Waals surface area (Å²) in [6, 6.07) is 14.6. The summed E-state index contributed by atoms with van der Waals surface area (Å²) < 4.78 is 0. The number of hydrogen-bond donors (Lipinski definition) is 2. The highest BCUT2D eigenvalue weighted by Gasteiger charge is 2.34. The first kappa shape index (κ1) is 27.8. The third kappa shape index (κ3) is 5.43. The summed E-state index contributed by atoms with van der Waals surface area (Å²) in [5.74, 6) is 5.26. The molecule has 0 bridgehead atoms. The SMILES string of the molecule is CN1CCC(NC(=O)c2ccc(C(C#CC#N)N3Cc4cc(-c5n[nH]c6c5CCC(C)(C)C6)ccc4C3=O)cc2)CC1. The van der Waals surface area contributed by atoms with Crippen molar-refractivity contribution in [3.8, 4) is 29.2 Å². The molecule has 1 unspecified atom stereocenters. The van der Waals surface area contributed by atoms with E-state index in [1.54, 1.807) is 17.0 Å².